The van der Waals surface area contributed by atoms with E-state index in [1.54, 1.807) is 0 Å². The van der Waals surface area contributed by atoms with Crippen LogP contribution in [-0.4, -0.2) is 50.3 Å². The number of ether oxygens (including phenoxy) is 2. The fourth-order valence-electron chi connectivity index (χ4n) is 2.36. The van der Waals surface area contributed by atoms with Gasteiger partial charge in [-0.25, -0.2) is 0 Å². The molecule has 1 fully saturated rings. The zero-order valence-corrected chi connectivity index (χ0v) is 12.6. The van der Waals surface area contributed by atoms with E-state index in [0.717, 1.165) is 57.3 Å². The summed E-state index contributed by atoms with van der Waals surface area (Å²) in [6.45, 7) is 10.1. The second kappa shape index (κ2) is 8.12. The lowest BCUT2D eigenvalue weighted by Crippen LogP contribution is -2.50. The summed E-state index contributed by atoms with van der Waals surface area (Å²) in [7, 11) is 0. The lowest BCUT2D eigenvalue weighted by atomic mass is 10.2. The highest BCUT2D eigenvalue weighted by Crippen LogP contribution is 2.17. The van der Waals surface area contributed by atoms with Gasteiger partial charge in [0.2, 0.25) is 0 Å². The molecule has 4 nitrogen and oxygen atoms in total. The number of hydrogen-bond donors (Lipinski definition) is 1. The first-order chi connectivity index (χ1) is 9.78. The van der Waals surface area contributed by atoms with Gasteiger partial charge < -0.3 is 14.8 Å². The van der Waals surface area contributed by atoms with Crippen molar-refractivity contribution in [3.8, 4) is 11.5 Å². The number of hydrogen-bond acceptors (Lipinski definition) is 4. The summed E-state index contributed by atoms with van der Waals surface area (Å²) < 4.78 is 11.3. The number of nitrogens with zero attached hydrogens (tertiary/aromatic N) is 1. The van der Waals surface area contributed by atoms with E-state index in [4.69, 9.17) is 9.47 Å². The van der Waals surface area contributed by atoms with Gasteiger partial charge in [-0.15, -0.1) is 0 Å². The molecular formula is C16H26N2O2. The molecule has 20 heavy (non-hydrogen) atoms. The maximum atomic E-state index is 5.79. The van der Waals surface area contributed by atoms with E-state index in [-0.39, 0.29) is 0 Å². The minimum absolute atomic E-state index is 0.582. The molecule has 112 valence electrons. The molecule has 1 unspecified atom stereocenters. The Bertz CT molecular complexity index is 381. The molecule has 4 heteroatoms. The van der Waals surface area contributed by atoms with Crippen molar-refractivity contribution in [1.29, 1.82) is 0 Å². The Morgan fingerprint density at radius 3 is 2.40 bits per heavy atom. The van der Waals surface area contributed by atoms with Crippen molar-refractivity contribution in [2.24, 2.45) is 0 Å². The predicted octanol–water partition coefficient (Wildman–Crippen LogP) is 2.15. The maximum absolute atomic E-state index is 5.79. The van der Waals surface area contributed by atoms with E-state index in [2.05, 4.69) is 24.1 Å². The van der Waals surface area contributed by atoms with E-state index in [0.29, 0.717) is 6.04 Å². The van der Waals surface area contributed by atoms with Crippen LogP contribution in [0.15, 0.2) is 24.3 Å². The Kier molecular flexibility index (Phi) is 6.15. The molecule has 1 aliphatic heterocycles. The standard InChI is InChI=1S/C16H26N2O2/c1-3-11-19-15-4-6-16(7-5-15)20-12-10-18-9-8-17-14(2)13-18/h4-7,14,17H,3,8-13H2,1-2H3. The first-order valence-electron chi connectivity index (χ1n) is 7.59. The second-order valence-electron chi connectivity index (χ2n) is 5.32. The molecule has 1 aromatic carbocycles. The molecule has 0 aliphatic carbocycles. The Hall–Kier alpha value is -1.26. The summed E-state index contributed by atoms with van der Waals surface area (Å²) in [5.74, 6) is 1.83. The van der Waals surface area contributed by atoms with Crippen LogP contribution in [0.2, 0.25) is 0 Å². The van der Waals surface area contributed by atoms with Crippen molar-refractivity contribution >= 4 is 0 Å². The molecule has 0 aromatic heterocycles. The first kappa shape index (κ1) is 15.1. The van der Waals surface area contributed by atoms with Crippen LogP contribution in [0.1, 0.15) is 20.3 Å². The van der Waals surface area contributed by atoms with E-state index in [1.165, 1.54) is 0 Å². The molecule has 0 spiro atoms. The van der Waals surface area contributed by atoms with Gasteiger partial charge in [0.15, 0.2) is 0 Å². The van der Waals surface area contributed by atoms with Crippen LogP contribution >= 0.6 is 0 Å². The highest BCUT2D eigenvalue weighted by atomic mass is 16.5. The number of benzene rings is 1. The highest BCUT2D eigenvalue weighted by molar-refractivity contribution is 5.31. The summed E-state index contributed by atoms with van der Waals surface area (Å²) >= 11 is 0. The fraction of sp³-hybridized carbons (Fsp3) is 0.625. The van der Waals surface area contributed by atoms with Crippen molar-refractivity contribution in [3.63, 3.8) is 0 Å². The Morgan fingerprint density at radius 1 is 1.15 bits per heavy atom. The third kappa shape index (κ3) is 5.02. The summed E-state index contributed by atoms with van der Waals surface area (Å²) in [4.78, 5) is 2.44. The molecule has 1 aliphatic rings. The fourth-order valence-corrected chi connectivity index (χ4v) is 2.36. The zero-order valence-electron chi connectivity index (χ0n) is 12.6. The number of rotatable bonds is 7. The number of piperazine rings is 1. The smallest absolute Gasteiger partial charge is 0.119 e. The van der Waals surface area contributed by atoms with Gasteiger partial charge in [-0.1, -0.05) is 6.92 Å². The Morgan fingerprint density at radius 2 is 1.80 bits per heavy atom. The summed E-state index contributed by atoms with van der Waals surface area (Å²) in [5.41, 5.74) is 0. The van der Waals surface area contributed by atoms with Crippen molar-refractivity contribution in [3.05, 3.63) is 24.3 Å². The van der Waals surface area contributed by atoms with Gasteiger partial charge in [-0.3, -0.25) is 4.90 Å². The maximum Gasteiger partial charge on any atom is 0.119 e. The van der Waals surface area contributed by atoms with Gasteiger partial charge in [0, 0.05) is 32.2 Å². The van der Waals surface area contributed by atoms with Crippen LogP contribution in [0.25, 0.3) is 0 Å². The molecule has 2 rings (SSSR count). The van der Waals surface area contributed by atoms with Crippen LogP contribution in [0.5, 0.6) is 11.5 Å². The molecule has 1 atom stereocenters. The second-order valence-corrected chi connectivity index (χ2v) is 5.32. The predicted molar refractivity (Wildman–Crippen MR) is 81.6 cm³/mol. The molecule has 1 aromatic rings. The molecule has 1 saturated heterocycles. The molecule has 0 saturated carbocycles. The minimum Gasteiger partial charge on any atom is -0.494 e. The molecule has 0 amide bonds. The summed E-state index contributed by atoms with van der Waals surface area (Å²) in [6.07, 6.45) is 1.03. The largest absolute Gasteiger partial charge is 0.494 e. The van der Waals surface area contributed by atoms with Crippen LogP contribution in [-0.2, 0) is 0 Å². The van der Waals surface area contributed by atoms with Crippen molar-refractivity contribution in [1.82, 2.24) is 10.2 Å². The minimum atomic E-state index is 0.582. The van der Waals surface area contributed by atoms with Gasteiger partial charge in [-0.05, 0) is 37.6 Å². The van der Waals surface area contributed by atoms with Crippen molar-refractivity contribution in [2.45, 2.75) is 26.3 Å². The third-order valence-corrected chi connectivity index (χ3v) is 3.43. The Labute approximate surface area is 122 Å². The first-order valence-corrected chi connectivity index (χ1v) is 7.59. The van der Waals surface area contributed by atoms with Crippen molar-refractivity contribution < 1.29 is 9.47 Å². The average Bonchev–Trinajstić information content (AvgIpc) is 2.46. The summed E-state index contributed by atoms with van der Waals surface area (Å²) in [5, 5.41) is 3.45. The van der Waals surface area contributed by atoms with Gasteiger partial charge in [-0.2, -0.15) is 0 Å². The molecule has 0 bridgehead atoms. The van der Waals surface area contributed by atoms with Crippen LogP contribution < -0.4 is 14.8 Å². The van der Waals surface area contributed by atoms with Crippen molar-refractivity contribution in [2.75, 3.05) is 39.4 Å². The quantitative estimate of drug-likeness (QED) is 0.828. The molecule has 1 heterocycles. The molecular weight excluding hydrogens is 252 g/mol. The molecule has 1 N–H and O–H groups in total. The van der Waals surface area contributed by atoms with Crippen LogP contribution in [0.4, 0.5) is 0 Å². The third-order valence-electron chi connectivity index (χ3n) is 3.43. The van der Waals surface area contributed by atoms with E-state index in [1.807, 2.05) is 24.3 Å². The lowest BCUT2D eigenvalue weighted by molar-refractivity contribution is 0.170. The highest BCUT2D eigenvalue weighted by Gasteiger charge is 2.14. The lowest BCUT2D eigenvalue weighted by Gasteiger charge is -2.31. The average molecular weight is 278 g/mol. The van der Waals surface area contributed by atoms with E-state index >= 15 is 0 Å². The SMILES string of the molecule is CCCOc1ccc(OCCN2CCNC(C)C2)cc1. The monoisotopic (exact) mass is 278 g/mol. The topological polar surface area (TPSA) is 33.7 Å². The van der Waals surface area contributed by atoms with Crippen LogP contribution in [0, 0.1) is 0 Å². The summed E-state index contributed by atoms with van der Waals surface area (Å²) in [6, 6.07) is 8.48. The zero-order chi connectivity index (χ0) is 14.2. The van der Waals surface area contributed by atoms with Crippen LogP contribution in [0.3, 0.4) is 0 Å². The van der Waals surface area contributed by atoms with Gasteiger partial charge in [0.25, 0.3) is 0 Å². The Balaban J connectivity index is 1.68. The van der Waals surface area contributed by atoms with Gasteiger partial charge >= 0.3 is 0 Å². The van der Waals surface area contributed by atoms with Gasteiger partial charge in [0.1, 0.15) is 18.1 Å². The van der Waals surface area contributed by atoms with E-state index in [9.17, 15) is 0 Å². The van der Waals surface area contributed by atoms with Gasteiger partial charge in [0.05, 0.1) is 6.61 Å². The normalized spacial score (nSPS) is 19.8. The van der Waals surface area contributed by atoms with E-state index < -0.39 is 0 Å². The molecule has 0 radical (unpaired) electrons. The number of nitrogens with one attached hydrogen (secondary N) is 1.